The van der Waals surface area contributed by atoms with Crippen molar-refractivity contribution in [1.82, 2.24) is 19.4 Å². The Morgan fingerprint density at radius 1 is 0.833 bits per heavy atom. The normalized spacial score (nSPS) is 10.4. The van der Waals surface area contributed by atoms with Gasteiger partial charge < -0.3 is 5.32 Å². The third-order valence-electron chi connectivity index (χ3n) is 4.60. The van der Waals surface area contributed by atoms with Crippen LogP contribution in [0, 0.1) is 11.8 Å². The standard InChI is InChI=1S/C25H17N5/c1-2-10-22(11-3-1)28-25-24(29-23-18-26-15-16-30(23)25)20-8-6-7-19(17-20)12-13-21-9-4-5-14-27-21/h1-11,14-18,28H. The first-order chi connectivity index (χ1) is 14.9. The number of anilines is 2. The molecule has 3 aromatic heterocycles. The molecular formula is C25H17N5. The van der Waals surface area contributed by atoms with Crippen LogP contribution >= 0.6 is 0 Å². The van der Waals surface area contributed by atoms with E-state index in [0.717, 1.165) is 39.7 Å². The van der Waals surface area contributed by atoms with Crippen LogP contribution in [-0.2, 0) is 0 Å². The average Bonchev–Trinajstić information content (AvgIpc) is 3.18. The maximum absolute atomic E-state index is 4.82. The Hall–Kier alpha value is -4.43. The summed E-state index contributed by atoms with van der Waals surface area (Å²) in [5.41, 5.74) is 5.23. The quantitative estimate of drug-likeness (QED) is 0.446. The summed E-state index contributed by atoms with van der Waals surface area (Å²) in [4.78, 5) is 13.3. The van der Waals surface area contributed by atoms with Gasteiger partial charge in [-0.05, 0) is 42.3 Å². The predicted molar refractivity (Wildman–Crippen MR) is 118 cm³/mol. The first kappa shape index (κ1) is 17.7. The molecular weight excluding hydrogens is 370 g/mol. The molecule has 2 aromatic carbocycles. The highest BCUT2D eigenvalue weighted by Gasteiger charge is 2.14. The molecule has 0 fully saturated rings. The minimum absolute atomic E-state index is 0.744. The van der Waals surface area contributed by atoms with Crippen LogP contribution in [0.4, 0.5) is 11.5 Å². The number of nitrogens with zero attached hydrogens (tertiary/aromatic N) is 4. The van der Waals surface area contributed by atoms with Crippen molar-refractivity contribution < 1.29 is 0 Å². The van der Waals surface area contributed by atoms with Crippen LogP contribution in [0.5, 0.6) is 0 Å². The Kier molecular flexibility index (Phi) is 4.65. The zero-order valence-corrected chi connectivity index (χ0v) is 16.0. The number of pyridine rings is 1. The van der Waals surface area contributed by atoms with Gasteiger partial charge >= 0.3 is 0 Å². The van der Waals surface area contributed by atoms with E-state index in [1.807, 2.05) is 83.4 Å². The zero-order valence-electron chi connectivity index (χ0n) is 16.0. The molecule has 5 nitrogen and oxygen atoms in total. The summed E-state index contributed by atoms with van der Waals surface area (Å²) in [6, 6.07) is 23.8. The van der Waals surface area contributed by atoms with Gasteiger partial charge in [0.2, 0.25) is 0 Å². The zero-order chi connectivity index (χ0) is 20.2. The summed E-state index contributed by atoms with van der Waals surface area (Å²) in [5, 5.41) is 3.50. The summed E-state index contributed by atoms with van der Waals surface area (Å²) in [6.45, 7) is 0. The van der Waals surface area contributed by atoms with Crippen molar-refractivity contribution in [1.29, 1.82) is 0 Å². The summed E-state index contributed by atoms with van der Waals surface area (Å²) in [7, 11) is 0. The topological polar surface area (TPSA) is 55.1 Å². The van der Waals surface area contributed by atoms with Crippen LogP contribution < -0.4 is 5.32 Å². The van der Waals surface area contributed by atoms with Gasteiger partial charge in [-0.15, -0.1) is 0 Å². The van der Waals surface area contributed by atoms with E-state index in [2.05, 4.69) is 27.1 Å². The Balaban J connectivity index is 1.58. The molecule has 0 atom stereocenters. The van der Waals surface area contributed by atoms with Crippen molar-refractivity contribution in [3.05, 3.63) is 109 Å². The van der Waals surface area contributed by atoms with Crippen molar-refractivity contribution in [3.8, 4) is 23.1 Å². The van der Waals surface area contributed by atoms with Crippen LogP contribution in [0.25, 0.3) is 16.9 Å². The van der Waals surface area contributed by atoms with Crippen molar-refractivity contribution in [2.24, 2.45) is 0 Å². The molecule has 0 aliphatic carbocycles. The van der Waals surface area contributed by atoms with E-state index in [-0.39, 0.29) is 0 Å². The monoisotopic (exact) mass is 387 g/mol. The number of hydrogen-bond donors (Lipinski definition) is 1. The van der Waals surface area contributed by atoms with Crippen LogP contribution in [0.3, 0.4) is 0 Å². The van der Waals surface area contributed by atoms with Crippen LogP contribution in [0.2, 0.25) is 0 Å². The van der Waals surface area contributed by atoms with E-state index in [4.69, 9.17) is 4.98 Å². The second-order valence-corrected chi connectivity index (χ2v) is 6.65. The minimum Gasteiger partial charge on any atom is -0.339 e. The molecule has 0 bridgehead atoms. The number of hydrogen-bond acceptors (Lipinski definition) is 4. The Morgan fingerprint density at radius 2 is 1.73 bits per heavy atom. The third kappa shape index (κ3) is 3.62. The van der Waals surface area contributed by atoms with E-state index in [1.165, 1.54) is 0 Å². The van der Waals surface area contributed by atoms with E-state index < -0.39 is 0 Å². The van der Waals surface area contributed by atoms with Gasteiger partial charge in [-0.2, -0.15) is 0 Å². The lowest BCUT2D eigenvalue weighted by molar-refractivity contribution is 1.13. The molecule has 0 spiro atoms. The van der Waals surface area contributed by atoms with E-state index in [9.17, 15) is 0 Å². The minimum atomic E-state index is 0.744. The number of rotatable bonds is 3. The van der Waals surface area contributed by atoms with Gasteiger partial charge in [0.05, 0.1) is 6.20 Å². The molecule has 0 saturated carbocycles. The molecule has 0 amide bonds. The number of aromatic nitrogens is 4. The largest absolute Gasteiger partial charge is 0.339 e. The maximum Gasteiger partial charge on any atom is 0.157 e. The van der Waals surface area contributed by atoms with Crippen molar-refractivity contribution in [2.75, 3.05) is 5.32 Å². The van der Waals surface area contributed by atoms with Gasteiger partial charge in [0.1, 0.15) is 17.2 Å². The van der Waals surface area contributed by atoms with E-state index in [0.29, 0.717) is 0 Å². The number of benzene rings is 2. The van der Waals surface area contributed by atoms with Gasteiger partial charge in [-0.3, -0.25) is 9.38 Å². The fourth-order valence-electron chi connectivity index (χ4n) is 3.20. The van der Waals surface area contributed by atoms with Crippen molar-refractivity contribution >= 4 is 17.2 Å². The SMILES string of the molecule is C(#Cc1ccccn1)c1cccc(-c2nc3cnccn3c2Nc2ccccc2)c1. The molecule has 3 heterocycles. The lowest BCUT2D eigenvalue weighted by Crippen LogP contribution is -1.97. The summed E-state index contributed by atoms with van der Waals surface area (Å²) >= 11 is 0. The van der Waals surface area contributed by atoms with E-state index >= 15 is 0 Å². The number of fused-ring (bicyclic) bond motifs is 1. The molecule has 1 N–H and O–H groups in total. The number of imidazole rings is 1. The van der Waals surface area contributed by atoms with Gasteiger partial charge in [0.15, 0.2) is 5.65 Å². The number of para-hydroxylation sites is 1. The highest BCUT2D eigenvalue weighted by molar-refractivity contribution is 5.80. The second kappa shape index (κ2) is 7.90. The molecule has 30 heavy (non-hydrogen) atoms. The van der Waals surface area contributed by atoms with Crippen LogP contribution in [0.1, 0.15) is 11.3 Å². The molecule has 5 rings (SSSR count). The highest BCUT2D eigenvalue weighted by atomic mass is 15.1. The summed E-state index contributed by atoms with van der Waals surface area (Å²) in [5.74, 6) is 7.19. The van der Waals surface area contributed by atoms with Gasteiger partial charge in [-0.1, -0.05) is 42.3 Å². The Labute approximate surface area is 174 Å². The van der Waals surface area contributed by atoms with E-state index in [1.54, 1.807) is 18.6 Å². The fourth-order valence-corrected chi connectivity index (χ4v) is 3.20. The summed E-state index contributed by atoms with van der Waals surface area (Å²) in [6.07, 6.45) is 7.16. The molecule has 0 radical (unpaired) electrons. The Morgan fingerprint density at radius 3 is 2.60 bits per heavy atom. The smallest absolute Gasteiger partial charge is 0.157 e. The first-order valence-corrected chi connectivity index (χ1v) is 9.54. The lowest BCUT2D eigenvalue weighted by atomic mass is 10.1. The van der Waals surface area contributed by atoms with Crippen LogP contribution in [-0.4, -0.2) is 19.4 Å². The fraction of sp³-hybridized carbons (Fsp3) is 0. The first-order valence-electron chi connectivity index (χ1n) is 9.54. The maximum atomic E-state index is 4.82. The Bertz CT molecular complexity index is 1360. The van der Waals surface area contributed by atoms with Gasteiger partial charge in [0, 0.05) is 35.4 Å². The average molecular weight is 387 g/mol. The molecule has 5 aromatic rings. The lowest BCUT2D eigenvalue weighted by Gasteiger charge is -2.09. The molecule has 0 aliphatic rings. The molecule has 0 aliphatic heterocycles. The molecule has 5 heteroatoms. The van der Waals surface area contributed by atoms with Crippen molar-refractivity contribution in [2.45, 2.75) is 0 Å². The third-order valence-corrected chi connectivity index (χ3v) is 4.60. The molecule has 142 valence electrons. The number of nitrogens with one attached hydrogen (secondary N) is 1. The van der Waals surface area contributed by atoms with Gasteiger partial charge in [-0.25, -0.2) is 9.97 Å². The van der Waals surface area contributed by atoms with Crippen LogP contribution in [0.15, 0.2) is 97.6 Å². The highest BCUT2D eigenvalue weighted by Crippen LogP contribution is 2.31. The molecule has 0 saturated heterocycles. The predicted octanol–water partition coefficient (Wildman–Crippen LogP) is 4.93. The molecule has 0 unspecified atom stereocenters. The van der Waals surface area contributed by atoms with Crippen molar-refractivity contribution in [3.63, 3.8) is 0 Å². The second-order valence-electron chi connectivity index (χ2n) is 6.65. The van der Waals surface area contributed by atoms with Gasteiger partial charge in [0.25, 0.3) is 0 Å². The summed E-state index contributed by atoms with van der Waals surface area (Å²) < 4.78 is 2.00.